The molecule has 66 heavy (non-hydrogen) atoms. The number of aliphatic hydroxyl groups is 12. The topological polar surface area (TPSA) is 298 Å². The lowest BCUT2D eigenvalue weighted by Gasteiger charge is -2.65. The Balaban J connectivity index is 1.09. The second-order valence-corrected chi connectivity index (χ2v) is 23.1. The van der Waals surface area contributed by atoms with Crippen molar-refractivity contribution in [1.29, 1.82) is 0 Å². The Morgan fingerprint density at radius 1 is 0.636 bits per heavy atom. The molecule has 3 heterocycles. The fraction of sp³-hybridized carbons (Fsp3) is 0.917. The number of hydrogen-bond acceptors (Lipinski definition) is 18. The van der Waals surface area contributed by atoms with Crippen molar-refractivity contribution in [2.24, 2.45) is 50.7 Å². The van der Waals surface area contributed by atoms with E-state index in [1.54, 1.807) is 0 Å². The molecule has 3 aliphatic heterocycles. The first-order chi connectivity index (χ1) is 30.9. The van der Waals surface area contributed by atoms with Crippen molar-refractivity contribution < 1.29 is 89.7 Å². The van der Waals surface area contributed by atoms with Crippen LogP contribution in [0.15, 0.2) is 23.8 Å². The SMILES string of the molecule is C=C1[C@H]2C[C@H](O)C(C)(C)[C@@H]2CC[C@]2(C)[C@@H]1[C@H](O)C=C1[C@@H]3CC(C)(C)CC[C@]3(CO[C@@H]3O[C@H](CO)[C@@H](O)[C@H](O)[C@H]3O[C@@H]3O[C@H](CO)[C@@H](O)[C@H](O)[C@H]3O[C@@H]3O[C@H](CO)[C@@H](O)[C@H](O)[C@H]3O)CC[C@]12C. The van der Waals surface area contributed by atoms with Gasteiger partial charge in [0.1, 0.15) is 73.2 Å². The molecule has 4 saturated carbocycles. The number of hydrogen-bond donors (Lipinski definition) is 12. The van der Waals surface area contributed by atoms with Gasteiger partial charge in [-0.05, 0) is 90.8 Å². The van der Waals surface area contributed by atoms with E-state index in [4.69, 9.17) is 35.0 Å². The molecule has 0 bridgehead atoms. The van der Waals surface area contributed by atoms with E-state index in [2.05, 4.69) is 47.6 Å². The molecule has 18 heteroatoms. The van der Waals surface area contributed by atoms with Crippen molar-refractivity contribution in [3.05, 3.63) is 23.8 Å². The summed E-state index contributed by atoms with van der Waals surface area (Å²) < 4.78 is 36.4. The van der Waals surface area contributed by atoms with E-state index in [-0.39, 0.29) is 51.9 Å². The lowest BCUT2D eigenvalue weighted by Crippen LogP contribution is -2.67. The molecular weight excluding hydrogens is 865 g/mol. The average molecular weight is 943 g/mol. The van der Waals surface area contributed by atoms with Crippen molar-refractivity contribution in [2.45, 2.75) is 197 Å². The standard InChI is InChI=1S/C48H78O18/c1-21-22-14-30(53)45(4,5)23(22)8-9-47(7)31(21)26(52)15-24-25-16-44(2,3)10-12-48(25,13-11-46(24,47)6)20-61-42-39(36(58)33(55)28(18-50)63-42)66-43-40(37(59)34(56)29(19-51)64-43)65-41-38(60)35(57)32(54)27(17-49)62-41/h15,22-23,25-43,49-60H,1,8-14,16-20H2,2-7H3/t22-,23-,25+,26-,27-,28-,29-,30+,31+,32-,33-,34-,35+,36+,37+,38-,39-,40-,41+,42-,43+,46-,47-,48-/m1/s1. The van der Waals surface area contributed by atoms with Gasteiger partial charge in [-0.3, -0.25) is 0 Å². The fourth-order valence-electron chi connectivity index (χ4n) is 14.1. The van der Waals surface area contributed by atoms with Crippen LogP contribution in [0.2, 0.25) is 0 Å². The molecule has 0 aromatic carbocycles. The Morgan fingerprint density at radius 3 is 1.77 bits per heavy atom. The number of allylic oxidation sites excluding steroid dienone is 1. The van der Waals surface area contributed by atoms with Crippen LogP contribution in [0.5, 0.6) is 0 Å². The van der Waals surface area contributed by atoms with Gasteiger partial charge in [-0.15, -0.1) is 0 Å². The largest absolute Gasteiger partial charge is 0.394 e. The van der Waals surface area contributed by atoms with Crippen LogP contribution in [0.4, 0.5) is 0 Å². The second kappa shape index (κ2) is 18.4. The molecule has 0 spiro atoms. The first-order valence-corrected chi connectivity index (χ1v) is 24.1. The maximum Gasteiger partial charge on any atom is 0.187 e. The third kappa shape index (κ3) is 8.21. The van der Waals surface area contributed by atoms with Gasteiger partial charge in [0.2, 0.25) is 0 Å². The van der Waals surface area contributed by atoms with Gasteiger partial charge in [-0.25, -0.2) is 0 Å². The minimum absolute atomic E-state index is 0.0474. The monoisotopic (exact) mass is 943 g/mol. The van der Waals surface area contributed by atoms with Gasteiger partial charge < -0.3 is 89.7 Å². The van der Waals surface area contributed by atoms with E-state index in [0.29, 0.717) is 6.42 Å². The first kappa shape index (κ1) is 51.1. The highest BCUT2D eigenvalue weighted by Crippen LogP contribution is 2.72. The summed E-state index contributed by atoms with van der Waals surface area (Å²) in [4.78, 5) is 0. The highest BCUT2D eigenvalue weighted by atomic mass is 16.8. The van der Waals surface area contributed by atoms with Crippen molar-refractivity contribution in [3.63, 3.8) is 0 Å². The predicted molar refractivity (Wildman–Crippen MR) is 231 cm³/mol. The highest BCUT2D eigenvalue weighted by Gasteiger charge is 2.66. The summed E-state index contributed by atoms with van der Waals surface area (Å²) in [6.07, 6.45) is -18.1. The van der Waals surface area contributed by atoms with Gasteiger partial charge in [0.25, 0.3) is 0 Å². The van der Waals surface area contributed by atoms with Crippen LogP contribution < -0.4 is 0 Å². The van der Waals surface area contributed by atoms with Crippen molar-refractivity contribution >= 4 is 0 Å². The molecule has 18 nitrogen and oxygen atoms in total. The average Bonchev–Trinajstić information content (AvgIpc) is 3.42. The molecular formula is C48H78O18. The van der Waals surface area contributed by atoms with Crippen LogP contribution in [0.1, 0.15) is 92.9 Å². The summed E-state index contributed by atoms with van der Waals surface area (Å²) in [6, 6.07) is 0. The zero-order valence-corrected chi connectivity index (χ0v) is 39.2. The lowest BCUT2D eigenvalue weighted by molar-refractivity contribution is -0.394. The van der Waals surface area contributed by atoms with E-state index in [0.717, 1.165) is 50.5 Å². The zero-order valence-electron chi connectivity index (χ0n) is 39.2. The van der Waals surface area contributed by atoms with Crippen LogP contribution in [-0.2, 0) is 28.4 Å². The van der Waals surface area contributed by atoms with Crippen LogP contribution in [0.25, 0.3) is 0 Å². The lowest BCUT2D eigenvalue weighted by atomic mass is 9.39. The smallest absolute Gasteiger partial charge is 0.187 e. The molecule has 3 saturated heterocycles. The molecule has 0 unspecified atom stereocenters. The number of rotatable bonds is 10. The van der Waals surface area contributed by atoms with Gasteiger partial charge >= 0.3 is 0 Å². The molecule has 378 valence electrons. The highest BCUT2D eigenvalue weighted by molar-refractivity contribution is 5.38. The van der Waals surface area contributed by atoms with E-state index in [1.807, 2.05) is 0 Å². The van der Waals surface area contributed by atoms with E-state index in [1.165, 1.54) is 5.57 Å². The van der Waals surface area contributed by atoms with E-state index < -0.39 is 130 Å². The molecule has 8 aliphatic rings. The van der Waals surface area contributed by atoms with Gasteiger partial charge in [-0.1, -0.05) is 65.3 Å². The molecule has 7 fully saturated rings. The summed E-state index contributed by atoms with van der Waals surface area (Å²) in [5.74, 6) is 0.109. The zero-order chi connectivity index (χ0) is 48.2. The van der Waals surface area contributed by atoms with Gasteiger partial charge in [-0.2, -0.15) is 0 Å². The summed E-state index contributed by atoms with van der Waals surface area (Å²) >= 11 is 0. The maximum atomic E-state index is 12.4. The molecule has 5 aliphatic carbocycles. The Hall–Kier alpha value is -1.24. The number of fused-ring (bicyclic) bond motifs is 6. The van der Waals surface area contributed by atoms with Crippen LogP contribution in [0.3, 0.4) is 0 Å². The Labute approximate surface area is 387 Å². The molecule has 0 aromatic heterocycles. The van der Waals surface area contributed by atoms with Crippen molar-refractivity contribution in [1.82, 2.24) is 0 Å². The summed E-state index contributed by atoms with van der Waals surface area (Å²) in [5.41, 5.74) is 0.744. The van der Waals surface area contributed by atoms with Crippen LogP contribution >= 0.6 is 0 Å². The predicted octanol–water partition coefficient (Wildman–Crippen LogP) is -0.639. The first-order valence-electron chi connectivity index (χ1n) is 24.1. The Bertz CT molecular complexity index is 1780. The molecule has 12 N–H and O–H groups in total. The van der Waals surface area contributed by atoms with Gasteiger partial charge in [0.05, 0.1) is 38.6 Å². The van der Waals surface area contributed by atoms with Crippen molar-refractivity contribution in [3.8, 4) is 0 Å². The minimum atomic E-state index is -1.92. The van der Waals surface area contributed by atoms with E-state index in [9.17, 15) is 61.3 Å². The molecule has 0 amide bonds. The third-order valence-electron chi connectivity index (χ3n) is 18.8. The maximum absolute atomic E-state index is 12.4. The molecule has 8 rings (SSSR count). The number of aliphatic hydroxyl groups excluding tert-OH is 12. The Kier molecular flexibility index (Phi) is 14.3. The minimum Gasteiger partial charge on any atom is -0.394 e. The summed E-state index contributed by atoms with van der Waals surface area (Å²) in [6.45, 7) is 16.0. The second-order valence-electron chi connectivity index (χ2n) is 23.1. The fourth-order valence-corrected chi connectivity index (χ4v) is 14.1. The van der Waals surface area contributed by atoms with Gasteiger partial charge in [0.15, 0.2) is 18.9 Å². The molecule has 0 aromatic rings. The van der Waals surface area contributed by atoms with Gasteiger partial charge in [0, 0.05) is 11.3 Å². The summed E-state index contributed by atoms with van der Waals surface area (Å²) in [7, 11) is 0. The number of ether oxygens (including phenoxy) is 6. The quantitative estimate of drug-likeness (QED) is 0.121. The molecule has 24 atom stereocenters. The third-order valence-corrected chi connectivity index (χ3v) is 18.8. The van der Waals surface area contributed by atoms with Crippen molar-refractivity contribution in [2.75, 3.05) is 26.4 Å². The van der Waals surface area contributed by atoms with Crippen LogP contribution in [-0.4, -0.2) is 192 Å². The van der Waals surface area contributed by atoms with Crippen LogP contribution in [0, 0.1) is 50.7 Å². The normalized spacial score (nSPS) is 53.5. The molecule has 0 radical (unpaired) electrons. The Morgan fingerprint density at radius 2 is 1.17 bits per heavy atom. The van der Waals surface area contributed by atoms with E-state index >= 15 is 0 Å². The summed E-state index contributed by atoms with van der Waals surface area (Å²) in [5, 5.41) is 130.